The molecule has 110 valence electrons. The van der Waals surface area contributed by atoms with Crippen molar-refractivity contribution in [3.05, 3.63) is 29.6 Å². The molecule has 0 spiro atoms. The zero-order chi connectivity index (χ0) is 14.8. The van der Waals surface area contributed by atoms with Crippen molar-refractivity contribution in [2.24, 2.45) is 5.41 Å². The van der Waals surface area contributed by atoms with E-state index in [1.165, 1.54) is 0 Å². The number of nitrogens with one attached hydrogen (secondary N) is 2. The van der Waals surface area contributed by atoms with Crippen molar-refractivity contribution >= 4 is 11.6 Å². The Bertz CT molecular complexity index is 490. The summed E-state index contributed by atoms with van der Waals surface area (Å²) in [4.78, 5) is 12.4. The molecule has 0 aromatic heterocycles. The third-order valence-corrected chi connectivity index (χ3v) is 3.96. The Morgan fingerprint density at radius 3 is 2.30 bits per heavy atom. The molecule has 0 unspecified atom stereocenters. The van der Waals surface area contributed by atoms with Gasteiger partial charge in [0.25, 0.3) is 0 Å². The lowest BCUT2D eigenvalue weighted by Gasteiger charge is -2.35. The fourth-order valence-electron chi connectivity index (χ4n) is 2.54. The maximum atomic E-state index is 13.1. The average Bonchev–Trinajstić information content (AvgIpc) is 2.45. The molecule has 0 bridgehead atoms. The summed E-state index contributed by atoms with van der Waals surface area (Å²) in [5, 5.41) is 5.67. The Hall–Kier alpha value is -1.56. The fraction of sp³-hybridized carbons (Fsp3) is 0.500. The highest BCUT2D eigenvalue weighted by Gasteiger charge is 2.37. The Kier molecular flexibility index (Phi) is 4.32. The number of halogens is 3. The molecule has 1 amide bonds. The summed E-state index contributed by atoms with van der Waals surface area (Å²) in [6.07, 6.45) is 1.98. The third kappa shape index (κ3) is 2.80. The normalized spacial score (nSPS) is 17.8. The molecule has 2 rings (SSSR count). The lowest BCUT2D eigenvalue weighted by Crippen LogP contribution is -2.44. The molecule has 1 heterocycles. The van der Waals surface area contributed by atoms with Crippen molar-refractivity contribution < 1.29 is 18.0 Å². The minimum Gasteiger partial charge on any atom is -0.325 e. The summed E-state index contributed by atoms with van der Waals surface area (Å²) in [6, 6.07) is 1.58. The van der Waals surface area contributed by atoms with Gasteiger partial charge in [-0.25, -0.2) is 13.2 Å². The van der Waals surface area contributed by atoms with Gasteiger partial charge >= 0.3 is 0 Å². The Morgan fingerprint density at radius 1 is 1.25 bits per heavy atom. The largest absolute Gasteiger partial charge is 0.325 e. The molecule has 1 saturated heterocycles. The lowest BCUT2D eigenvalue weighted by molar-refractivity contribution is -0.127. The molecule has 3 nitrogen and oxygen atoms in total. The fourth-order valence-corrected chi connectivity index (χ4v) is 2.54. The van der Waals surface area contributed by atoms with Crippen LogP contribution < -0.4 is 10.6 Å². The second-order valence-electron chi connectivity index (χ2n) is 5.09. The van der Waals surface area contributed by atoms with Crippen LogP contribution in [-0.2, 0) is 4.79 Å². The Balaban J connectivity index is 2.18. The number of piperidine rings is 1. The van der Waals surface area contributed by atoms with Crippen LogP contribution in [0.25, 0.3) is 0 Å². The first-order valence-corrected chi connectivity index (χ1v) is 6.65. The summed E-state index contributed by atoms with van der Waals surface area (Å²) in [7, 11) is 0. The Labute approximate surface area is 115 Å². The second-order valence-corrected chi connectivity index (χ2v) is 5.09. The molecular weight excluding hydrogens is 269 g/mol. The second kappa shape index (κ2) is 5.83. The molecule has 0 atom stereocenters. The van der Waals surface area contributed by atoms with E-state index in [4.69, 9.17) is 0 Å². The van der Waals surface area contributed by atoms with Crippen LogP contribution in [0.4, 0.5) is 18.9 Å². The minimum absolute atomic E-state index is 0.0576. The predicted octanol–water partition coefficient (Wildman–Crippen LogP) is 2.82. The monoisotopic (exact) mass is 286 g/mol. The van der Waals surface area contributed by atoms with Gasteiger partial charge in [0.2, 0.25) is 5.91 Å². The van der Waals surface area contributed by atoms with Crippen molar-refractivity contribution in [1.82, 2.24) is 5.32 Å². The first-order valence-electron chi connectivity index (χ1n) is 6.65. The highest BCUT2D eigenvalue weighted by molar-refractivity contribution is 5.95. The van der Waals surface area contributed by atoms with Gasteiger partial charge in [-0.05, 0) is 32.4 Å². The van der Waals surface area contributed by atoms with Crippen LogP contribution in [-0.4, -0.2) is 19.0 Å². The van der Waals surface area contributed by atoms with Crippen molar-refractivity contribution in [3.63, 3.8) is 0 Å². The zero-order valence-corrected chi connectivity index (χ0v) is 11.2. The number of rotatable bonds is 3. The van der Waals surface area contributed by atoms with Crippen LogP contribution in [0.5, 0.6) is 0 Å². The van der Waals surface area contributed by atoms with E-state index in [1.54, 1.807) is 0 Å². The maximum Gasteiger partial charge on any atom is 0.230 e. The van der Waals surface area contributed by atoms with Crippen LogP contribution in [0.2, 0.25) is 0 Å². The van der Waals surface area contributed by atoms with E-state index in [-0.39, 0.29) is 11.6 Å². The number of carbonyl (C=O) groups is 1. The zero-order valence-electron chi connectivity index (χ0n) is 11.2. The van der Waals surface area contributed by atoms with Gasteiger partial charge in [0.15, 0.2) is 17.5 Å². The Morgan fingerprint density at radius 2 is 1.80 bits per heavy atom. The van der Waals surface area contributed by atoms with Crippen LogP contribution in [0.3, 0.4) is 0 Å². The van der Waals surface area contributed by atoms with Gasteiger partial charge in [-0.2, -0.15) is 0 Å². The molecule has 0 radical (unpaired) electrons. The van der Waals surface area contributed by atoms with Gasteiger partial charge < -0.3 is 10.6 Å². The summed E-state index contributed by atoms with van der Waals surface area (Å²) >= 11 is 0. The van der Waals surface area contributed by atoms with Gasteiger partial charge in [-0.1, -0.05) is 6.92 Å². The minimum atomic E-state index is -1.53. The standard InChI is InChI=1S/C14H17F3N2O/c1-2-14(3-5-18-6-4-14)13(20)19-9-7-10(15)12(17)11(16)8-9/h7-8,18H,2-6H2,1H3,(H,19,20). The van der Waals surface area contributed by atoms with Crippen molar-refractivity contribution in [3.8, 4) is 0 Å². The van der Waals surface area contributed by atoms with Crippen LogP contribution in [0.15, 0.2) is 12.1 Å². The van der Waals surface area contributed by atoms with Gasteiger partial charge in [-0.15, -0.1) is 0 Å². The highest BCUT2D eigenvalue weighted by atomic mass is 19.2. The van der Waals surface area contributed by atoms with E-state index in [0.717, 1.165) is 25.2 Å². The van der Waals surface area contributed by atoms with Crippen molar-refractivity contribution in [1.29, 1.82) is 0 Å². The number of amides is 1. The summed E-state index contributed by atoms with van der Waals surface area (Å²) in [5.74, 6) is -4.42. The lowest BCUT2D eigenvalue weighted by atomic mass is 9.76. The van der Waals surface area contributed by atoms with Gasteiger partial charge in [-0.3, -0.25) is 4.79 Å². The average molecular weight is 286 g/mol. The summed E-state index contributed by atoms with van der Waals surface area (Å²) in [5.41, 5.74) is -0.593. The van der Waals surface area contributed by atoms with E-state index < -0.39 is 22.9 Å². The molecular formula is C14H17F3N2O. The van der Waals surface area contributed by atoms with Gasteiger partial charge in [0.1, 0.15) is 0 Å². The van der Waals surface area contributed by atoms with Crippen LogP contribution in [0.1, 0.15) is 26.2 Å². The van der Waals surface area contributed by atoms with E-state index in [9.17, 15) is 18.0 Å². The van der Waals surface area contributed by atoms with E-state index in [0.29, 0.717) is 19.3 Å². The number of anilines is 1. The van der Waals surface area contributed by atoms with Gasteiger partial charge in [0.05, 0.1) is 5.41 Å². The SMILES string of the molecule is CCC1(C(=O)Nc2cc(F)c(F)c(F)c2)CCNCC1. The van der Waals surface area contributed by atoms with Crippen molar-refractivity contribution in [2.75, 3.05) is 18.4 Å². The summed E-state index contributed by atoms with van der Waals surface area (Å²) < 4.78 is 39.1. The van der Waals surface area contributed by atoms with E-state index in [2.05, 4.69) is 10.6 Å². The maximum absolute atomic E-state index is 13.1. The third-order valence-electron chi connectivity index (χ3n) is 3.96. The molecule has 1 aromatic carbocycles. The molecule has 0 aliphatic carbocycles. The topological polar surface area (TPSA) is 41.1 Å². The molecule has 1 aliphatic rings. The molecule has 1 aliphatic heterocycles. The molecule has 0 saturated carbocycles. The number of hydrogen-bond acceptors (Lipinski definition) is 2. The highest BCUT2D eigenvalue weighted by Crippen LogP contribution is 2.34. The molecule has 1 fully saturated rings. The van der Waals surface area contributed by atoms with Crippen LogP contribution >= 0.6 is 0 Å². The van der Waals surface area contributed by atoms with E-state index in [1.807, 2.05) is 6.92 Å². The van der Waals surface area contributed by atoms with Gasteiger partial charge in [0, 0.05) is 17.8 Å². The molecule has 20 heavy (non-hydrogen) atoms. The smallest absolute Gasteiger partial charge is 0.230 e. The number of benzene rings is 1. The first kappa shape index (κ1) is 14.8. The molecule has 2 N–H and O–H groups in total. The van der Waals surface area contributed by atoms with Crippen molar-refractivity contribution in [2.45, 2.75) is 26.2 Å². The molecule has 6 heteroatoms. The van der Waals surface area contributed by atoms with E-state index >= 15 is 0 Å². The number of carbonyl (C=O) groups excluding carboxylic acids is 1. The number of hydrogen-bond donors (Lipinski definition) is 2. The first-order chi connectivity index (χ1) is 9.48. The quantitative estimate of drug-likeness (QED) is 0.839. The summed E-state index contributed by atoms with van der Waals surface area (Å²) in [6.45, 7) is 3.37. The van der Waals surface area contributed by atoms with Crippen LogP contribution in [0, 0.1) is 22.9 Å². The predicted molar refractivity (Wildman–Crippen MR) is 69.8 cm³/mol. The molecule has 1 aromatic rings.